The molecule has 0 aliphatic heterocycles. The van der Waals surface area contributed by atoms with E-state index in [4.69, 9.17) is 0 Å². The van der Waals surface area contributed by atoms with Crippen molar-refractivity contribution in [2.75, 3.05) is 4.90 Å². The molecule has 0 amide bonds. The van der Waals surface area contributed by atoms with Gasteiger partial charge < -0.3 is 4.90 Å². The molecule has 1 aromatic heterocycles. The largest absolute Gasteiger partial charge is 0.308 e. The van der Waals surface area contributed by atoms with Gasteiger partial charge in [0.2, 0.25) is 0 Å². The molecule has 10 rings (SSSR count). The molecular formula is C50H33NS. The Kier molecular flexibility index (Phi) is 7.41. The first-order chi connectivity index (χ1) is 25.8. The molecule has 1 nitrogen and oxygen atoms in total. The summed E-state index contributed by atoms with van der Waals surface area (Å²) in [6.45, 7) is 0. The summed E-state index contributed by atoms with van der Waals surface area (Å²) in [5, 5.41) is 7.51. The van der Waals surface area contributed by atoms with Gasteiger partial charge in [0, 0.05) is 26.7 Å². The molecule has 0 spiro atoms. The number of thiophene rings is 1. The minimum absolute atomic E-state index is 1.11. The lowest BCUT2D eigenvalue weighted by Crippen LogP contribution is -2.12. The van der Waals surface area contributed by atoms with Crippen LogP contribution in [0.4, 0.5) is 17.1 Å². The van der Waals surface area contributed by atoms with E-state index in [9.17, 15) is 0 Å². The van der Waals surface area contributed by atoms with Gasteiger partial charge in [0.05, 0.1) is 16.1 Å². The average Bonchev–Trinajstić information content (AvgIpc) is 3.61. The topological polar surface area (TPSA) is 3.24 Å². The average molecular weight is 680 g/mol. The molecule has 244 valence electrons. The van der Waals surface area contributed by atoms with Crippen molar-refractivity contribution in [1.29, 1.82) is 0 Å². The summed E-state index contributed by atoms with van der Waals surface area (Å²) in [4.78, 5) is 2.49. The van der Waals surface area contributed by atoms with Gasteiger partial charge >= 0.3 is 0 Å². The summed E-state index contributed by atoms with van der Waals surface area (Å²) in [7, 11) is 0. The van der Waals surface area contributed by atoms with Crippen molar-refractivity contribution in [3.05, 3.63) is 200 Å². The Hall–Kier alpha value is -6.48. The Labute approximate surface area is 307 Å². The fourth-order valence-corrected chi connectivity index (χ4v) is 9.02. The summed E-state index contributed by atoms with van der Waals surface area (Å²) in [6.07, 6.45) is 0. The third-order valence-corrected chi connectivity index (χ3v) is 11.5. The molecule has 0 bridgehead atoms. The van der Waals surface area contributed by atoms with Crippen molar-refractivity contribution in [3.63, 3.8) is 0 Å². The predicted octanol–water partition coefficient (Wildman–Crippen LogP) is 14.8. The molecule has 0 unspecified atom stereocenters. The van der Waals surface area contributed by atoms with Crippen LogP contribution >= 0.6 is 11.3 Å². The van der Waals surface area contributed by atoms with Gasteiger partial charge in [-0.1, -0.05) is 164 Å². The smallest absolute Gasteiger partial charge is 0.0640 e. The van der Waals surface area contributed by atoms with E-state index in [1.807, 2.05) is 11.3 Å². The maximum Gasteiger partial charge on any atom is 0.0640 e. The molecule has 0 radical (unpaired) electrons. The highest BCUT2D eigenvalue weighted by atomic mass is 32.1. The molecule has 0 atom stereocenters. The molecule has 0 N–H and O–H groups in total. The fraction of sp³-hybridized carbons (Fsp3) is 0. The third-order valence-electron chi connectivity index (χ3n) is 10.3. The van der Waals surface area contributed by atoms with E-state index < -0.39 is 0 Å². The van der Waals surface area contributed by atoms with Crippen molar-refractivity contribution < 1.29 is 0 Å². The van der Waals surface area contributed by atoms with Crippen LogP contribution in [0.1, 0.15) is 0 Å². The van der Waals surface area contributed by atoms with Crippen LogP contribution in [-0.2, 0) is 0 Å². The van der Waals surface area contributed by atoms with Crippen molar-refractivity contribution in [2.45, 2.75) is 0 Å². The molecule has 0 aliphatic carbocycles. The van der Waals surface area contributed by atoms with E-state index >= 15 is 0 Å². The maximum atomic E-state index is 2.49. The number of hydrogen-bond acceptors (Lipinski definition) is 2. The lowest BCUT2D eigenvalue weighted by atomic mass is 9.89. The summed E-state index contributed by atoms with van der Waals surface area (Å²) >= 11 is 1.87. The van der Waals surface area contributed by atoms with Gasteiger partial charge in [-0.2, -0.15) is 0 Å². The zero-order chi connectivity index (χ0) is 34.4. The second kappa shape index (κ2) is 12.7. The molecule has 0 fully saturated rings. The summed E-state index contributed by atoms with van der Waals surface area (Å²) in [6, 6.07) is 73.1. The van der Waals surface area contributed by atoms with Gasteiger partial charge in [0.25, 0.3) is 0 Å². The second-order valence-electron chi connectivity index (χ2n) is 13.3. The Morgan fingerprint density at radius 2 is 0.942 bits per heavy atom. The van der Waals surface area contributed by atoms with Crippen LogP contribution in [0, 0.1) is 0 Å². The number of anilines is 3. The van der Waals surface area contributed by atoms with E-state index in [2.05, 4.69) is 205 Å². The fourth-order valence-electron chi connectivity index (χ4n) is 7.81. The normalized spacial score (nSPS) is 11.5. The number of hydrogen-bond donors (Lipinski definition) is 0. The first-order valence-corrected chi connectivity index (χ1v) is 18.6. The van der Waals surface area contributed by atoms with Crippen LogP contribution < -0.4 is 4.90 Å². The quantitative estimate of drug-likeness (QED) is 0.169. The maximum absolute atomic E-state index is 2.49. The third kappa shape index (κ3) is 5.16. The lowest BCUT2D eigenvalue weighted by Gasteiger charge is -2.30. The first kappa shape index (κ1) is 30.4. The summed E-state index contributed by atoms with van der Waals surface area (Å²) in [5.41, 5.74) is 10.6. The van der Waals surface area contributed by atoms with Crippen molar-refractivity contribution in [1.82, 2.24) is 0 Å². The van der Waals surface area contributed by atoms with E-state index in [0.29, 0.717) is 0 Å². The molecule has 0 saturated carbocycles. The highest BCUT2D eigenvalue weighted by Crippen LogP contribution is 2.50. The molecule has 0 aliphatic rings. The van der Waals surface area contributed by atoms with Crippen molar-refractivity contribution >= 4 is 70.1 Å². The summed E-state index contributed by atoms with van der Waals surface area (Å²) in [5.74, 6) is 0. The molecule has 52 heavy (non-hydrogen) atoms. The van der Waals surface area contributed by atoms with Gasteiger partial charge in [-0.05, 0) is 85.8 Å². The monoisotopic (exact) mass is 679 g/mol. The molecule has 2 heteroatoms. The zero-order valence-corrected chi connectivity index (χ0v) is 29.2. The van der Waals surface area contributed by atoms with Gasteiger partial charge in [-0.3, -0.25) is 0 Å². The van der Waals surface area contributed by atoms with Gasteiger partial charge in [0.1, 0.15) is 0 Å². The zero-order valence-electron chi connectivity index (χ0n) is 28.4. The van der Waals surface area contributed by atoms with E-state index in [1.54, 1.807) is 0 Å². The molecular weight excluding hydrogens is 647 g/mol. The molecule has 9 aromatic carbocycles. The van der Waals surface area contributed by atoms with E-state index in [0.717, 1.165) is 11.4 Å². The Morgan fingerprint density at radius 1 is 0.346 bits per heavy atom. The van der Waals surface area contributed by atoms with Gasteiger partial charge in [0.15, 0.2) is 0 Å². The Balaban J connectivity index is 1.29. The number of rotatable bonds is 6. The van der Waals surface area contributed by atoms with Crippen LogP contribution in [0.2, 0.25) is 0 Å². The van der Waals surface area contributed by atoms with Gasteiger partial charge in [-0.15, -0.1) is 11.3 Å². The van der Waals surface area contributed by atoms with E-state index in [1.165, 1.54) is 80.8 Å². The highest BCUT2D eigenvalue weighted by molar-refractivity contribution is 7.26. The minimum Gasteiger partial charge on any atom is -0.308 e. The number of fused-ring (bicyclic) bond motifs is 5. The van der Waals surface area contributed by atoms with Crippen LogP contribution in [0.5, 0.6) is 0 Å². The predicted molar refractivity (Wildman–Crippen MR) is 225 cm³/mol. The Bertz CT molecular complexity index is 2900. The van der Waals surface area contributed by atoms with Crippen LogP contribution in [0.15, 0.2) is 200 Å². The highest BCUT2D eigenvalue weighted by Gasteiger charge is 2.24. The Morgan fingerprint density at radius 3 is 1.81 bits per heavy atom. The number of benzene rings is 9. The van der Waals surface area contributed by atoms with Crippen LogP contribution in [-0.4, -0.2) is 0 Å². The first-order valence-electron chi connectivity index (χ1n) is 17.8. The van der Waals surface area contributed by atoms with Crippen LogP contribution in [0.25, 0.3) is 75.1 Å². The standard InChI is InChI=1S/C50H33NS/c1-2-13-34(14-3-1)36-29-31-40(32-30-36)51(47-25-12-23-45-43-20-8-9-26-48(43)52-50(45)47)46-24-11-22-44(42-21-10-18-37-16-6-7-19-41(37)42)49(46)39-28-27-35-15-4-5-17-38(35)33-39/h1-33H. The summed E-state index contributed by atoms with van der Waals surface area (Å²) < 4.78 is 2.57. The molecule has 0 saturated heterocycles. The minimum atomic E-state index is 1.11. The second-order valence-corrected chi connectivity index (χ2v) is 14.3. The number of nitrogens with zero attached hydrogens (tertiary/aromatic N) is 1. The van der Waals surface area contributed by atoms with Crippen molar-refractivity contribution in [3.8, 4) is 33.4 Å². The van der Waals surface area contributed by atoms with Gasteiger partial charge in [-0.25, -0.2) is 0 Å². The van der Waals surface area contributed by atoms with E-state index in [-0.39, 0.29) is 0 Å². The molecule has 1 heterocycles. The molecule has 10 aromatic rings. The van der Waals surface area contributed by atoms with Crippen LogP contribution in [0.3, 0.4) is 0 Å². The van der Waals surface area contributed by atoms with Crippen molar-refractivity contribution in [2.24, 2.45) is 0 Å². The SMILES string of the molecule is c1ccc(-c2ccc(N(c3cccc(-c4cccc5ccccc45)c3-c3ccc4ccccc4c3)c3cccc4c3sc3ccccc34)cc2)cc1. The lowest BCUT2D eigenvalue weighted by molar-refractivity contribution is 1.30.